The second-order valence-corrected chi connectivity index (χ2v) is 4.74. The molecule has 0 aliphatic carbocycles. The Bertz CT molecular complexity index is 538. The van der Waals surface area contributed by atoms with E-state index in [1.165, 1.54) is 17.8 Å². The van der Waals surface area contributed by atoms with Crippen molar-refractivity contribution in [1.82, 2.24) is 14.8 Å². The Balaban J connectivity index is 2.07. The van der Waals surface area contributed by atoms with Gasteiger partial charge in [-0.1, -0.05) is 0 Å². The highest BCUT2D eigenvalue weighted by Crippen LogP contribution is 2.24. The largest absolute Gasteiger partial charge is 0.396 e. The summed E-state index contributed by atoms with van der Waals surface area (Å²) < 4.78 is 15.1. The Morgan fingerprint density at radius 2 is 2.18 bits per heavy atom. The molecular formula is C11H13FN4S. The summed E-state index contributed by atoms with van der Waals surface area (Å²) in [5.41, 5.74) is 5.58. The Morgan fingerprint density at radius 3 is 2.76 bits per heavy atom. The summed E-state index contributed by atoms with van der Waals surface area (Å²) in [7, 11) is 1.91. The van der Waals surface area contributed by atoms with Crippen LogP contribution in [0.15, 0.2) is 23.1 Å². The minimum atomic E-state index is -0.385. The van der Waals surface area contributed by atoms with Gasteiger partial charge in [-0.2, -0.15) is 0 Å². The van der Waals surface area contributed by atoms with Gasteiger partial charge in [0.05, 0.1) is 11.4 Å². The summed E-state index contributed by atoms with van der Waals surface area (Å²) in [6, 6.07) is 4.80. The van der Waals surface area contributed by atoms with Crippen molar-refractivity contribution in [3.8, 4) is 0 Å². The monoisotopic (exact) mass is 252 g/mol. The molecule has 1 heterocycles. The van der Waals surface area contributed by atoms with Gasteiger partial charge in [-0.05, 0) is 25.1 Å². The lowest BCUT2D eigenvalue weighted by Crippen LogP contribution is -1.97. The molecular weight excluding hydrogens is 239 g/mol. The second kappa shape index (κ2) is 4.75. The van der Waals surface area contributed by atoms with Crippen molar-refractivity contribution in [3.05, 3.63) is 35.7 Å². The number of rotatable bonds is 3. The van der Waals surface area contributed by atoms with Crippen molar-refractivity contribution < 1.29 is 4.39 Å². The lowest BCUT2D eigenvalue weighted by Gasteiger charge is -2.03. The SMILES string of the molecule is Cc1nnc(CSc2ccc(N)c(F)c2)n1C. The zero-order valence-electron chi connectivity index (χ0n) is 9.64. The molecule has 90 valence electrons. The fraction of sp³-hybridized carbons (Fsp3) is 0.273. The molecule has 1 aromatic heterocycles. The molecule has 2 N–H and O–H groups in total. The maximum absolute atomic E-state index is 13.2. The molecule has 0 bridgehead atoms. The Labute approximate surface area is 103 Å². The Kier molecular flexibility index (Phi) is 3.33. The van der Waals surface area contributed by atoms with Crippen LogP contribution in [0, 0.1) is 12.7 Å². The van der Waals surface area contributed by atoms with Crippen molar-refractivity contribution in [2.75, 3.05) is 5.73 Å². The number of hydrogen-bond donors (Lipinski definition) is 1. The fourth-order valence-corrected chi connectivity index (χ4v) is 2.22. The fourth-order valence-electron chi connectivity index (χ4n) is 1.32. The Hall–Kier alpha value is -1.56. The van der Waals surface area contributed by atoms with E-state index >= 15 is 0 Å². The first-order valence-corrected chi connectivity index (χ1v) is 6.09. The number of benzene rings is 1. The van der Waals surface area contributed by atoms with Crippen LogP contribution < -0.4 is 5.73 Å². The van der Waals surface area contributed by atoms with Gasteiger partial charge in [-0.3, -0.25) is 0 Å². The topological polar surface area (TPSA) is 56.7 Å². The molecule has 0 fully saturated rings. The molecule has 4 nitrogen and oxygen atoms in total. The predicted molar refractivity (Wildman–Crippen MR) is 66.1 cm³/mol. The number of nitrogens with two attached hydrogens (primary N) is 1. The van der Waals surface area contributed by atoms with Gasteiger partial charge in [-0.25, -0.2) is 4.39 Å². The number of nitrogens with zero attached hydrogens (tertiary/aromatic N) is 3. The van der Waals surface area contributed by atoms with E-state index in [0.29, 0.717) is 5.75 Å². The smallest absolute Gasteiger partial charge is 0.147 e. The first-order valence-electron chi connectivity index (χ1n) is 5.10. The molecule has 0 aliphatic heterocycles. The Morgan fingerprint density at radius 1 is 1.41 bits per heavy atom. The number of aromatic nitrogens is 3. The van der Waals surface area contributed by atoms with Crippen molar-refractivity contribution in [1.29, 1.82) is 0 Å². The van der Waals surface area contributed by atoms with E-state index in [2.05, 4.69) is 10.2 Å². The first kappa shape index (κ1) is 11.9. The van der Waals surface area contributed by atoms with Crippen LogP contribution in [0.4, 0.5) is 10.1 Å². The molecule has 2 rings (SSSR count). The van der Waals surface area contributed by atoms with E-state index in [-0.39, 0.29) is 11.5 Å². The van der Waals surface area contributed by atoms with Gasteiger partial charge in [0, 0.05) is 11.9 Å². The summed E-state index contributed by atoms with van der Waals surface area (Å²) in [5, 5.41) is 8.01. The molecule has 0 unspecified atom stereocenters. The summed E-state index contributed by atoms with van der Waals surface area (Å²) in [4.78, 5) is 0.831. The molecule has 0 saturated carbocycles. The van der Waals surface area contributed by atoms with Gasteiger partial charge in [0.2, 0.25) is 0 Å². The van der Waals surface area contributed by atoms with Gasteiger partial charge < -0.3 is 10.3 Å². The standard InChI is InChI=1S/C11H13FN4S/c1-7-14-15-11(16(7)2)6-17-8-3-4-10(13)9(12)5-8/h3-5H,6,13H2,1-2H3. The molecule has 0 radical (unpaired) electrons. The quantitative estimate of drug-likeness (QED) is 0.671. The number of nitrogen functional groups attached to an aromatic ring is 1. The van der Waals surface area contributed by atoms with Crippen molar-refractivity contribution in [2.45, 2.75) is 17.6 Å². The number of hydrogen-bond acceptors (Lipinski definition) is 4. The number of anilines is 1. The molecule has 6 heteroatoms. The van der Waals surface area contributed by atoms with E-state index in [0.717, 1.165) is 16.5 Å². The van der Waals surface area contributed by atoms with Gasteiger partial charge in [0.25, 0.3) is 0 Å². The van der Waals surface area contributed by atoms with E-state index in [1.807, 2.05) is 18.5 Å². The van der Waals surface area contributed by atoms with Crippen LogP contribution in [0.1, 0.15) is 11.6 Å². The molecule has 0 spiro atoms. The summed E-state index contributed by atoms with van der Waals surface area (Å²) in [6.07, 6.45) is 0. The van der Waals surface area contributed by atoms with Gasteiger partial charge in [0.15, 0.2) is 0 Å². The van der Waals surface area contributed by atoms with Gasteiger partial charge in [-0.15, -0.1) is 22.0 Å². The highest BCUT2D eigenvalue weighted by Gasteiger charge is 2.06. The molecule has 0 amide bonds. The van der Waals surface area contributed by atoms with Gasteiger partial charge in [0.1, 0.15) is 17.5 Å². The minimum Gasteiger partial charge on any atom is -0.396 e. The van der Waals surface area contributed by atoms with E-state index < -0.39 is 0 Å². The molecule has 1 aromatic carbocycles. The number of halogens is 1. The molecule has 17 heavy (non-hydrogen) atoms. The lowest BCUT2D eigenvalue weighted by molar-refractivity contribution is 0.629. The van der Waals surface area contributed by atoms with Crippen LogP contribution in [-0.4, -0.2) is 14.8 Å². The minimum absolute atomic E-state index is 0.170. The summed E-state index contributed by atoms with van der Waals surface area (Å²) in [5.74, 6) is 2.00. The van der Waals surface area contributed by atoms with Gasteiger partial charge >= 0.3 is 0 Å². The highest BCUT2D eigenvalue weighted by atomic mass is 32.2. The van der Waals surface area contributed by atoms with E-state index in [9.17, 15) is 4.39 Å². The maximum Gasteiger partial charge on any atom is 0.147 e. The third kappa shape index (κ3) is 2.58. The zero-order chi connectivity index (χ0) is 12.4. The zero-order valence-corrected chi connectivity index (χ0v) is 10.5. The normalized spacial score (nSPS) is 10.8. The average molecular weight is 252 g/mol. The summed E-state index contributed by atoms with van der Waals surface area (Å²) >= 11 is 1.50. The molecule has 2 aromatic rings. The second-order valence-electron chi connectivity index (χ2n) is 3.69. The van der Waals surface area contributed by atoms with E-state index in [1.54, 1.807) is 12.1 Å². The molecule has 0 aliphatic rings. The van der Waals surface area contributed by atoms with Crippen LogP contribution >= 0.6 is 11.8 Å². The van der Waals surface area contributed by atoms with Crippen molar-refractivity contribution >= 4 is 17.4 Å². The molecule has 0 saturated heterocycles. The number of aryl methyl sites for hydroxylation is 1. The number of thioether (sulfide) groups is 1. The van der Waals surface area contributed by atoms with Crippen molar-refractivity contribution in [3.63, 3.8) is 0 Å². The third-order valence-corrected chi connectivity index (χ3v) is 3.51. The van der Waals surface area contributed by atoms with E-state index in [4.69, 9.17) is 5.73 Å². The summed E-state index contributed by atoms with van der Waals surface area (Å²) in [6.45, 7) is 1.89. The predicted octanol–water partition coefficient (Wildman–Crippen LogP) is 2.14. The van der Waals surface area contributed by atoms with Crippen LogP contribution in [0.25, 0.3) is 0 Å². The molecule has 0 atom stereocenters. The van der Waals surface area contributed by atoms with Crippen LogP contribution in [0.3, 0.4) is 0 Å². The maximum atomic E-state index is 13.2. The van der Waals surface area contributed by atoms with Crippen molar-refractivity contribution in [2.24, 2.45) is 7.05 Å². The lowest BCUT2D eigenvalue weighted by atomic mass is 10.3. The first-order chi connectivity index (χ1) is 8.08. The van der Waals surface area contributed by atoms with Crippen LogP contribution in [0.5, 0.6) is 0 Å². The highest BCUT2D eigenvalue weighted by molar-refractivity contribution is 7.98. The third-order valence-electron chi connectivity index (χ3n) is 2.52. The van der Waals surface area contributed by atoms with Crippen LogP contribution in [0.2, 0.25) is 0 Å². The average Bonchev–Trinajstić information content (AvgIpc) is 2.62. The van der Waals surface area contributed by atoms with Crippen LogP contribution in [-0.2, 0) is 12.8 Å².